The minimum atomic E-state index is -0.512. The average Bonchev–Trinajstić information content (AvgIpc) is 3.04. The van der Waals surface area contributed by atoms with Crippen LogP contribution in [-0.2, 0) is 14.3 Å². The van der Waals surface area contributed by atoms with Crippen molar-refractivity contribution in [2.45, 2.75) is 45.1 Å². The molecule has 1 aliphatic heterocycles. The Morgan fingerprint density at radius 2 is 1.89 bits per heavy atom. The fraction of sp³-hybridized carbons (Fsp3) is 0.474. The maximum absolute atomic E-state index is 13.0. The predicted molar refractivity (Wildman–Crippen MR) is 102 cm³/mol. The number of carbonyl (C=O) groups excluding carboxylic acids is 2. The Kier molecular flexibility index (Phi) is 6.13. The zero-order valence-electron chi connectivity index (χ0n) is 15.8. The lowest BCUT2D eigenvalue weighted by molar-refractivity contribution is -0.384. The molecule has 1 heterocycles. The van der Waals surface area contributed by atoms with E-state index in [4.69, 9.17) is 4.74 Å². The van der Waals surface area contributed by atoms with Gasteiger partial charge in [-0.1, -0.05) is 19.3 Å². The largest absolute Gasteiger partial charge is 0.463 e. The number of ether oxygens (including phenoxy) is 1. The Hall–Kier alpha value is -3.10. The molecule has 0 atom stereocenters. The molecule has 0 saturated heterocycles. The zero-order chi connectivity index (χ0) is 20.1. The van der Waals surface area contributed by atoms with Gasteiger partial charge >= 0.3 is 5.97 Å². The number of rotatable bonds is 7. The molecule has 1 saturated carbocycles. The Labute approximate surface area is 162 Å². The maximum Gasteiger partial charge on any atom is 0.338 e. The van der Waals surface area contributed by atoms with Gasteiger partial charge in [-0.15, -0.1) is 0 Å². The Balaban J connectivity index is 1.75. The molecule has 0 bridgehead atoms. The molecule has 1 amide bonds. The van der Waals surface area contributed by atoms with E-state index in [9.17, 15) is 19.7 Å². The van der Waals surface area contributed by atoms with Crippen molar-refractivity contribution in [1.29, 1.82) is 0 Å². The van der Waals surface area contributed by atoms with Gasteiger partial charge in [0.05, 0.1) is 29.3 Å². The van der Waals surface area contributed by atoms with Gasteiger partial charge in [0.15, 0.2) is 0 Å². The second-order valence-corrected chi connectivity index (χ2v) is 6.85. The summed E-state index contributed by atoms with van der Waals surface area (Å²) in [7, 11) is 0. The first-order valence-corrected chi connectivity index (χ1v) is 9.49. The van der Waals surface area contributed by atoms with Crippen molar-refractivity contribution in [1.82, 2.24) is 10.3 Å². The third-order valence-electron chi connectivity index (χ3n) is 5.05. The molecule has 150 valence electrons. The highest BCUT2D eigenvalue weighted by atomic mass is 16.6. The van der Waals surface area contributed by atoms with Gasteiger partial charge in [-0.25, -0.2) is 4.79 Å². The summed E-state index contributed by atoms with van der Waals surface area (Å²) in [5.41, 5.74) is 6.64. The summed E-state index contributed by atoms with van der Waals surface area (Å²) in [6.45, 7) is 2.17. The summed E-state index contributed by atoms with van der Waals surface area (Å²) in [6, 6.07) is 5.89. The number of nitro groups is 1. The van der Waals surface area contributed by atoms with Crippen LogP contribution < -0.4 is 10.9 Å². The number of benzene rings is 1. The van der Waals surface area contributed by atoms with Gasteiger partial charge in [0.2, 0.25) is 0 Å². The monoisotopic (exact) mass is 388 g/mol. The lowest BCUT2D eigenvalue weighted by Crippen LogP contribution is -2.41. The van der Waals surface area contributed by atoms with Crippen LogP contribution in [0.3, 0.4) is 0 Å². The first-order chi connectivity index (χ1) is 13.5. The molecule has 9 heteroatoms. The molecule has 28 heavy (non-hydrogen) atoms. The van der Waals surface area contributed by atoms with Gasteiger partial charge in [0.25, 0.3) is 11.6 Å². The van der Waals surface area contributed by atoms with E-state index in [2.05, 4.69) is 10.9 Å². The fourth-order valence-corrected chi connectivity index (χ4v) is 3.60. The van der Waals surface area contributed by atoms with E-state index < -0.39 is 10.9 Å². The Morgan fingerprint density at radius 3 is 2.50 bits per heavy atom. The Bertz CT molecular complexity index is 784. The molecule has 0 aromatic heterocycles. The van der Waals surface area contributed by atoms with E-state index in [1.165, 1.54) is 30.7 Å². The van der Waals surface area contributed by atoms with Crippen molar-refractivity contribution in [2.75, 3.05) is 18.6 Å². The molecule has 1 aromatic rings. The number of nitrogens with zero attached hydrogens (tertiary/aromatic N) is 2. The number of nitro benzene ring substituents is 1. The second-order valence-electron chi connectivity index (χ2n) is 6.85. The first-order valence-electron chi connectivity index (χ1n) is 9.49. The van der Waals surface area contributed by atoms with Crippen molar-refractivity contribution in [2.24, 2.45) is 0 Å². The van der Waals surface area contributed by atoms with Crippen LogP contribution in [0.5, 0.6) is 0 Å². The number of non-ortho nitro benzene ring substituents is 1. The number of hydrogen-bond donors (Lipinski definition) is 2. The van der Waals surface area contributed by atoms with E-state index in [1.807, 2.05) is 0 Å². The molecule has 2 aliphatic rings. The van der Waals surface area contributed by atoms with Crippen LogP contribution >= 0.6 is 0 Å². The van der Waals surface area contributed by atoms with Crippen LogP contribution in [0.1, 0.15) is 39.0 Å². The average molecular weight is 388 g/mol. The highest BCUT2D eigenvalue weighted by Gasteiger charge is 2.38. The van der Waals surface area contributed by atoms with Gasteiger partial charge < -0.3 is 15.1 Å². The SMILES string of the molecule is CCOC(=O)C1=C(NNc2ccc([N+](=O)[O-])cc2)C(=O)N(C2CCCCC2)C1. The fourth-order valence-electron chi connectivity index (χ4n) is 3.60. The van der Waals surface area contributed by atoms with Gasteiger partial charge in [-0.2, -0.15) is 0 Å². The molecule has 1 aromatic carbocycles. The summed E-state index contributed by atoms with van der Waals surface area (Å²) in [5, 5.41) is 10.7. The highest BCUT2D eigenvalue weighted by molar-refractivity contribution is 6.06. The summed E-state index contributed by atoms with van der Waals surface area (Å²) in [4.78, 5) is 37.3. The molecule has 3 rings (SSSR count). The zero-order valence-corrected chi connectivity index (χ0v) is 15.8. The van der Waals surface area contributed by atoms with Gasteiger partial charge in [-0.05, 0) is 31.9 Å². The summed E-state index contributed by atoms with van der Waals surface area (Å²) < 4.78 is 5.12. The van der Waals surface area contributed by atoms with Crippen molar-refractivity contribution in [3.05, 3.63) is 45.6 Å². The maximum atomic E-state index is 13.0. The van der Waals surface area contributed by atoms with Crippen LogP contribution in [0.25, 0.3) is 0 Å². The molecule has 9 nitrogen and oxygen atoms in total. The standard InChI is InChI=1S/C19H24N4O5/c1-2-28-19(25)16-12-22(14-6-4-3-5-7-14)18(24)17(16)21-20-13-8-10-15(11-9-13)23(26)27/h8-11,14,20-21H,2-7,12H2,1H3. The van der Waals surface area contributed by atoms with E-state index in [-0.39, 0.29) is 36.5 Å². The predicted octanol–water partition coefficient (Wildman–Crippen LogP) is 2.50. The number of hydrogen-bond acceptors (Lipinski definition) is 7. The number of amides is 1. The van der Waals surface area contributed by atoms with Gasteiger partial charge in [0.1, 0.15) is 5.70 Å². The second kappa shape index (κ2) is 8.73. The molecule has 0 spiro atoms. The van der Waals surface area contributed by atoms with Crippen molar-refractivity contribution >= 4 is 23.3 Å². The topological polar surface area (TPSA) is 114 Å². The molecular weight excluding hydrogens is 364 g/mol. The Morgan fingerprint density at radius 1 is 1.21 bits per heavy atom. The normalized spacial score (nSPS) is 17.6. The quantitative estimate of drug-likeness (QED) is 0.419. The van der Waals surface area contributed by atoms with Crippen molar-refractivity contribution in [3.8, 4) is 0 Å². The lowest BCUT2D eigenvalue weighted by Gasteiger charge is -2.31. The van der Waals surface area contributed by atoms with Gasteiger partial charge in [-0.3, -0.25) is 20.3 Å². The summed E-state index contributed by atoms with van der Waals surface area (Å²) >= 11 is 0. The molecule has 1 aliphatic carbocycles. The molecular formula is C19H24N4O5. The number of carbonyl (C=O) groups is 2. The van der Waals surface area contributed by atoms with Gasteiger partial charge in [0, 0.05) is 18.2 Å². The number of esters is 1. The smallest absolute Gasteiger partial charge is 0.338 e. The third-order valence-corrected chi connectivity index (χ3v) is 5.05. The van der Waals surface area contributed by atoms with E-state index >= 15 is 0 Å². The van der Waals surface area contributed by atoms with Crippen molar-refractivity contribution in [3.63, 3.8) is 0 Å². The highest BCUT2D eigenvalue weighted by Crippen LogP contribution is 2.29. The van der Waals surface area contributed by atoms with Crippen LogP contribution in [0.15, 0.2) is 35.5 Å². The van der Waals surface area contributed by atoms with Crippen LogP contribution in [-0.4, -0.2) is 40.9 Å². The molecule has 0 unspecified atom stereocenters. The minimum Gasteiger partial charge on any atom is -0.463 e. The van der Waals surface area contributed by atoms with E-state index in [0.717, 1.165) is 25.7 Å². The molecule has 2 N–H and O–H groups in total. The first kappa shape index (κ1) is 19.7. The number of anilines is 1. The van der Waals surface area contributed by atoms with Crippen molar-refractivity contribution < 1.29 is 19.2 Å². The summed E-state index contributed by atoms with van der Waals surface area (Å²) in [5.74, 6) is -0.744. The number of nitrogens with one attached hydrogen (secondary N) is 2. The van der Waals surface area contributed by atoms with E-state index in [0.29, 0.717) is 11.3 Å². The lowest BCUT2D eigenvalue weighted by atomic mass is 9.94. The molecule has 1 fully saturated rings. The van der Waals surface area contributed by atoms with Crippen LogP contribution in [0.2, 0.25) is 0 Å². The van der Waals surface area contributed by atoms with E-state index in [1.54, 1.807) is 11.8 Å². The minimum absolute atomic E-state index is 0.0302. The number of hydrazine groups is 1. The van der Waals surface area contributed by atoms with Crippen LogP contribution in [0, 0.1) is 10.1 Å². The molecule has 0 radical (unpaired) electrons. The third kappa shape index (κ3) is 4.24. The van der Waals surface area contributed by atoms with Crippen LogP contribution in [0.4, 0.5) is 11.4 Å². The summed E-state index contributed by atoms with van der Waals surface area (Å²) in [6.07, 6.45) is 5.19.